The molecule has 0 N–H and O–H groups in total. The molecule has 19 heavy (non-hydrogen) atoms. The molecule has 1 aliphatic carbocycles. The Balaban J connectivity index is 2.23. The molecule has 2 nitrogen and oxygen atoms in total. The van der Waals surface area contributed by atoms with E-state index in [1.807, 2.05) is 0 Å². The van der Waals surface area contributed by atoms with Crippen molar-refractivity contribution in [2.45, 2.75) is 19.0 Å². The number of Topliss-reactive ketones (excluding diaryl/α,β-unsaturated/α-hetero) is 1. The van der Waals surface area contributed by atoms with Gasteiger partial charge in [0, 0.05) is 12.1 Å². The highest BCUT2D eigenvalue weighted by molar-refractivity contribution is 6.00. The van der Waals surface area contributed by atoms with Crippen molar-refractivity contribution in [1.29, 1.82) is 0 Å². The van der Waals surface area contributed by atoms with E-state index in [1.54, 1.807) is 0 Å². The maximum absolute atomic E-state index is 13.4. The molecule has 0 amide bonds. The molecule has 0 aromatic heterocycles. The van der Waals surface area contributed by atoms with Crippen molar-refractivity contribution in [1.82, 2.24) is 0 Å². The molecule has 2 rings (SSSR count). The van der Waals surface area contributed by atoms with Gasteiger partial charge in [-0.3, -0.25) is 4.79 Å². The fourth-order valence-corrected chi connectivity index (χ4v) is 1.49. The predicted molar refractivity (Wildman–Crippen MR) is 55.0 cm³/mol. The molecule has 1 aromatic rings. The van der Waals surface area contributed by atoms with Gasteiger partial charge in [-0.2, -0.15) is 13.2 Å². The summed E-state index contributed by atoms with van der Waals surface area (Å²) in [6.45, 7) is 0.255. The number of alkyl halides is 3. The summed E-state index contributed by atoms with van der Waals surface area (Å²) in [7, 11) is 0. The van der Waals surface area contributed by atoms with Crippen LogP contribution in [0.1, 0.15) is 23.2 Å². The maximum Gasteiger partial charge on any atom is 0.455 e. The zero-order valence-electron chi connectivity index (χ0n) is 9.56. The standard InChI is InChI=1S/C12H9F5O2/c13-8-3-7(19-5-6-1-2-6)4-9(14)10(8)11(18)12(15,16)17/h3-4,6H,1-2,5H2. The van der Waals surface area contributed by atoms with Crippen LogP contribution in [0, 0.1) is 17.6 Å². The molecule has 0 spiro atoms. The first-order valence-corrected chi connectivity index (χ1v) is 5.52. The van der Waals surface area contributed by atoms with Gasteiger partial charge in [0.15, 0.2) is 0 Å². The zero-order valence-corrected chi connectivity index (χ0v) is 9.56. The van der Waals surface area contributed by atoms with Crippen LogP contribution in [0.2, 0.25) is 0 Å². The van der Waals surface area contributed by atoms with E-state index in [-0.39, 0.29) is 12.4 Å². The summed E-state index contributed by atoms with van der Waals surface area (Å²) in [6, 6.07) is 1.18. The Morgan fingerprint density at radius 1 is 1.21 bits per heavy atom. The number of benzene rings is 1. The van der Waals surface area contributed by atoms with Gasteiger partial charge in [-0.15, -0.1) is 0 Å². The number of carbonyl (C=O) groups excluding carboxylic acids is 1. The Labute approximate surface area is 105 Å². The minimum absolute atomic E-state index is 0.222. The van der Waals surface area contributed by atoms with Gasteiger partial charge in [0.05, 0.1) is 12.2 Å². The van der Waals surface area contributed by atoms with Gasteiger partial charge in [0.1, 0.15) is 17.4 Å². The fourth-order valence-electron chi connectivity index (χ4n) is 1.49. The van der Waals surface area contributed by atoms with Crippen LogP contribution in [0.3, 0.4) is 0 Å². The topological polar surface area (TPSA) is 26.3 Å². The van der Waals surface area contributed by atoms with E-state index >= 15 is 0 Å². The minimum Gasteiger partial charge on any atom is -0.493 e. The van der Waals surface area contributed by atoms with Gasteiger partial charge >= 0.3 is 6.18 Å². The largest absolute Gasteiger partial charge is 0.493 e. The third-order valence-electron chi connectivity index (χ3n) is 2.68. The number of rotatable bonds is 4. The van der Waals surface area contributed by atoms with Gasteiger partial charge in [0.25, 0.3) is 5.78 Å². The summed E-state index contributed by atoms with van der Waals surface area (Å²) in [5, 5.41) is 0. The molecule has 1 fully saturated rings. The van der Waals surface area contributed by atoms with E-state index in [2.05, 4.69) is 0 Å². The van der Waals surface area contributed by atoms with E-state index in [1.165, 1.54) is 0 Å². The molecule has 0 aliphatic heterocycles. The van der Waals surface area contributed by atoms with Crippen molar-refractivity contribution in [3.63, 3.8) is 0 Å². The molecular formula is C12H9F5O2. The van der Waals surface area contributed by atoms with Crippen molar-refractivity contribution >= 4 is 5.78 Å². The lowest BCUT2D eigenvalue weighted by Gasteiger charge is -2.10. The molecule has 7 heteroatoms. The van der Waals surface area contributed by atoms with Crippen LogP contribution >= 0.6 is 0 Å². The predicted octanol–water partition coefficient (Wildman–Crippen LogP) is 3.50. The van der Waals surface area contributed by atoms with Crippen LogP contribution in [0.25, 0.3) is 0 Å². The Kier molecular flexibility index (Phi) is 3.47. The molecule has 0 bridgehead atoms. The second-order valence-corrected chi connectivity index (χ2v) is 4.34. The van der Waals surface area contributed by atoms with Gasteiger partial charge in [-0.25, -0.2) is 8.78 Å². The minimum atomic E-state index is -5.32. The smallest absolute Gasteiger partial charge is 0.455 e. The van der Waals surface area contributed by atoms with Crippen LogP contribution in [0.15, 0.2) is 12.1 Å². The maximum atomic E-state index is 13.4. The normalized spacial score (nSPS) is 15.4. The molecule has 104 valence electrons. The summed E-state index contributed by atoms with van der Waals surface area (Å²) < 4.78 is 68.3. The quantitative estimate of drug-likeness (QED) is 0.623. The molecule has 1 aliphatic rings. The average Bonchev–Trinajstić information content (AvgIpc) is 3.07. The number of ether oxygens (including phenoxy) is 1. The second-order valence-electron chi connectivity index (χ2n) is 4.34. The summed E-state index contributed by atoms with van der Waals surface area (Å²) in [5.74, 6) is -5.60. The molecule has 1 saturated carbocycles. The van der Waals surface area contributed by atoms with Crippen LogP contribution < -0.4 is 4.74 Å². The fraction of sp³-hybridized carbons (Fsp3) is 0.417. The zero-order chi connectivity index (χ0) is 14.2. The van der Waals surface area contributed by atoms with E-state index in [9.17, 15) is 26.7 Å². The molecule has 0 atom stereocenters. The molecular weight excluding hydrogens is 271 g/mol. The summed E-state index contributed by atoms with van der Waals surface area (Å²) in [5.41, 5.74) is -1.61. The van der Waals surface area contributed by atoms with Gasteiger partial charge < -0.3 is 4.74 Å². The highest BCUT2D eigenvalue weighted by Gasteiger charge is 2.42. The van der Waals surface area contributed by atoms with Crippen LogP contribution in [0.4, 0.5) is 22.0 Å². The van der Waals surface area contributed by atoms with Crippen molar-refractivity contribution < 1.29 is 31.5 Å². The molecule has 0 unspecified atom stereocenters. The Bertz CT molecular complexity index is 482. The van der Waals surface area contributed by atoms with E-state index in [0.29, 0.717) is 18.1 Å². The number of carbonyl (C=O) groups is 1. The summed E-state index contributed by atoms with van der Waals surface area (Å²) >= 11 is 0. The molecule has 0 heterocycles. The summed E-state index contributed by atoms with van der Waals surface area (Å²) in [6.07, 6.45) is -3.41. The monoisotopic (exact) mass is 280 g/mol. The van der Waals surface area contributed by atoms with E-state index < -0.39 is 29.2 Å². The van der Waals surface area contributed by atoms with E-state index in [4.69, 9.17) is 4.74 Å². The van der Waals surface area contributed by atoms with Crippen LogP contribution in [-0.2, 0) is 0 Å². The lowest BCUT2D eigenvalue weighted by Crippen LogP contribution is -2.25. The van der Waals surface area contributed by atoms with Crippen LogP contribution in [-0.4, -0.2) is 18.6 Å². The van der Waals surface area contributed by atoms with Crippen molar-refractivity contribution in [3.05, 3.63) is 29.3 Å². The second kappa shape index (κ2) is 4.79. The molecule has 0 radical (unpaired) electrons. The van der Waals surface area contributed by atoms with Crippen molar-refractivity contribution in [2.24, 2.45) is 5.92 Å². The first-order valence-electron chi connectivity index (χ1n) is 5.52. The summed E-state index contributed by atoms with van der Waals surface area (Å²) in [4.78, 5) is 10.8. The third kappa shape index (κ3) is 3.21. The molecule has 0 saturated heterocycles. The number of hydrogen-bond acceptors (Lipinski definition) is 2. The Morgan fingerprint density at radius 2 is 1.74 bits per heavy atom. The number of halogens is 5. The Hall–Kier alpha value is -1.66. The van der Waals surface area contributed by atoms with E-state index in [0.717, 1.165) is 12.8 Å². The van der Waals surface area contributed by atoms with Crippen molar-refractivity contribution in [3.8, 4) is 5.75 Å². The number of hydrogen-bond donors (Lipinski definition) is 0. The first-order chi connectivity index (χ1) is 8.79. The van der Waals surface area contributed by atoms with Crippen molar-refractivity contribution in [2.75, 3.05) is 6.61 Å². The third-order valence-corrected chi connectivity index (χ3v) is 2.68. The lowest BCUT2D eigenvalue weighted by molar-refractivity contribution is -0.0890. The van der Waals surface area contributed by atoms with Gasteiger partial charge in [-0.05, 0) is 18.8 Å². The lowest BCUT2D eigenvalue weighted by atomic mass is 10.1. The SMILES string of the molecule is O=C(c1c(F)cc(OCC2CC2)cc1F)C(F)(F)F. The average molecular weight is 280 g/mol. The highest BCUT2D eigenvalue weighted by atomic mass is 19.4. The van der Waals surface area contributed by atoms with Crippen LogP contribution in [0.5, 0.6) is 5.75 Å². The Morgan fingerprint density at radius 3 is 2.16 bits per heavy atom. The molecule has 1 aromatic carbocycles. The van der Waals surface area contributed by atoms with Gasteiger partial charge in [-0.1, -0.05) is 0 Å². The highest BCUT2D eigenvalue weighted by Crippen LogP contribution is 2.31. The first kappa shape index (κ1) is 13.8. The van der Waals surface area contributed by atoms with Gasteiger partial charge in [0.2, 0.25) is 0 Å². The number of ketones is 1.